The van der Waals surface area contributed by atoms with Crippen LogP contribution in [0.2, 0.25) is 0 Å². The Kier molecular flexibility index (Phi) is 5.78. The van der Waals surface area contributed by atoms with Gasteiger partial charge in [0.05, 0.1) is 13.2 Å². The number of benzene rings is 1. The van der Waals surface area contributed by atoms with Gasteiger partial charge in [-0.1, -0.05) is 44.2 Å². The number of ether oxygens (including phenoxy) is 2. The van der Waals surface area contributed by atoms with Gasteiger partial charge in [0.15, 0.2) is 11.6 Å². The molecule has 0 saturated carbocycles. The Morgan fingerprint density at radius 2 is 1.83 bits per heavy atom. The first kappa shape index (κ1) is 19.8. The molecule has 0 unspecified atom stereocenters. The minimum atomic E-state index is -0.498. The lowest BCUT2D eigenvalue weighted by Crippen LogP contribution is -2.47. The summed E-state index contributed by atoms with van der Waals surface area (Å²) < 4.78 is 11.5. The molecule has 2 saturated heterocycles. The highest BCUT2D eigenvalue weighted by molar-refractivity contribution is 5.93. The third-order valence-electron chi connectivity index (χ3n) is 5.29. The molecule has 0 radical (unpaired) electrons. The highest BCUT2D eigenvalue weighted by Gasteiger charge is 2.41. The maximum absolute atomic E-state index is 13.2. The van der Waals surface area contributed by atoms with Crippen molar-refractivity contribution in [2.75, 3.05) is 38.2 Å². The average molecular weight is 396 g/mol. The molecule has 2 aliphatic heterocycles. The minimum absolute atomic E-state index is 0.0787. The Bertz CT molecular complexity index is 840. The Balaban J connectivity index is 1.56. The molecule has 7 nitrogen and oxygen atoms in total. The van der Waals surface area contributed by atoms with Crippen LogP contribution in [0.5, 0.6) is 0 Å². The summed E-state index contributed by atoms with van der Waals surface area (Å²) in [6.45, 7) is 7.50. The second-order valence-electron chi connectivity index (χ2n) is 8.00. The van der Waals surface area contributed by atoms with Crippen LogP contribution in [0, 0.1) is 5.92 Å². The van der Waals surface area contributed by atoms with Gasteiger partial charge in [-0.25, -0.2) is 9.97 Å². The van der Waals surface area contributed by atoms with Crippen LogP contribution in [-0.4, -0.2) is 59.4 Å². The van der Waals surface area contributed by atoms with Crippen molar-refractivity contribution in [3.8, 4) is 11.4 Å². The first-order valence-electron chi connectivity index (χ1n) is 10.3. The van der Waals surface area contributed by atoms with E-state index in [-0.39, 0.29) is 5.91 Å². The summed E-state index contributed by atoms with van der Waals surface area (Å²) in [5.41, 5.74) is 1.30. The number of nitrogens with one attached hydrogen (secondary N) is 1. The first-order chi connectivity index (χ1) is 14.0. The predicted molar refractivity (Wildman–Crippen MR) is 111 cm³/mol. The van der Waals surface area contributed by atoms with Crippen molar-refractivity contribution in [2.24, 2.45) is 5.92 Å². The molecule has 2 aromatic rings. The smallest absolute Gasteiger partial charge is 0.272 e. The van der Waals surface area contributed by atoms with Gasteiger partial charge in [0.1, 0.15) is 11.5 Å². The van der Waals surface area contributed by atoms with Crippen LogP contribution >= 0.6 is 0 Å². The Morgan fingerprint density at radius 3 is 2.48 bits per heavy atom. The minimum Gasteiger partial charge on any atom is -0.370 e. The molecule has 0 bridgehead atoms. The monoisotopic (exact) mass is 396 g/mol. The normalized spacial score (nSPS) is 18.4. The second-order valence-corrected chi connectivity index (χ2v) is 8.00. The fraction of sp³-hybridized carbons (Fsp3) is 0.500. The fourth-order valence-corrected chi connectivity index (χ4v) is 3.67. The lowest BCUT2D eigenvalue weighted by Gasteiger charge is -2.37. The molecule has 2 fully saturated rings. The molecule has 4 rings (SSSR count). The molecule has 1 spiro atoms. The van der Waals surface area contributed by atoms with Gasteiger partial charge in [0, 0.05) is 44.1 Å². The van der Waals surface area contributed by atoms with E-state index in [0.717, 1.165) is 12.1 Å². The summed E-state index contributed by atoms with van der Waals surface area (Å²) in [6, 6.07) is 11.5. The highest BCUT2D eigenvalue weighted by atomic mass is 16.7. The van der Waals surface area contributed by atoms with Gasteiger partial charge in [-0.05, 0) is 5.92 Å². The second kappa shape index (κ2) is 8.47. The van der Waals surface area contributed by atoms with E-state index in [1.165, 1.54) is 0 Å². The molecule has 2 aliphatic rings. The van der Waals surface area contributed by atoms with Gasteiger partial charge in [-0.2, -0.15) is 0 Å². The number of rotatable bonds is 5. The number of piperidine rings is 1. The van der Waals surface area contributed by atoms with Crippen molar-refractivity contribution >= 4 is 11.7 Å². The van der Waals surface area contributed by atoms with Gasteiger partial charge >= 0.3 is 0 Å². The van der Waals surface area contributed by atoms with Crippen LogP contribution < -0.4 is 5.32 Å². The standard InChI is InChI=1S/C22H28N4O3/c1-16(2)15-23-19-14-18(24-20(25-19)17-6-4-3-5-7-17)21(27)26-10-8-22(9-11-26)28-12-13-29-22/h3-7,14,16H,8-13,15H2,1-2H3,(H,23,24,25). The lowest BCUT2D eigenvalue weighted by molar-refractivity contribution is -0.181. The van der Waals surface area contributed by atoms with E-state index in [4.69, 9.17) is 9.47 Å². The van der Waals surface area contributed by atoms with E-state index in [0.29, 0.717) is 62.4 Å². The van der Waals surface area contributed by atoms with E-state index in [2.05, 4.69) is 29.1 Å². The third kappa shape index (κ3) is 4.57. The van der Waals surface area contributed by atoms with E-state index < -0.39 is 5.79 Å². The van der Waals surface area contributed by atoms with Crippen LogP contribution in [0.15, 0.2) is 36.4 Å². The van der Waals surface area contributed by atoms with Crippen molar-refractivity contribution in [1.82, 2.24) is 14.9 Å². The van der Waals surface area contributed by atoms with Crippen molar-refractivity contribution in [3.05, 3.63) is 42.1 Å². The molecule has 29 heavy (non-hydrogen) atoms. The summed E-state index contributed by atoms with van der Waals surface area (Å²) in [6.07, 6.45) is 1.38. The zero-order valence-corrected chi connectivity index (χ0v) is 17.1. The molecule has 7 heteroatoms. The summed E-state index contributed by atoms with van der Waals surface area (Å²) in [4.78, 5) is 24.3. The molecule has 0 atom stereocenters. The van der Waals surface area contributed by atoms with Crippen molar-refractivity contribution in [1.29, 1.82) is 0 Å². The zero-order chi connectivity index (χ0) is 20.3. The molecule has 1 aromatic carbocycles. The summed E-state index contributed by atoms with van der Waals surface area (Å²) in [5.74, 6) is 1.12. The number of hydrogen-bond acceptors (Lipinski definition) is 6. The number of aromatic nitrogens is 2. The zero-order valence-electron chi connectivity index (χ0n) is 17.1. The van der Waals surface area contributed by atoms with Crippen LogP contribution in [-0.2, 0) is 9.47 Å². The quantitative estimate of drug-likeness (QED) is 0.836. The number of carbonyl (C=O) groups is 1. The van der Waals surface area contributed by atoms with Gasteiger partial charge in [0.25, 0.3) is 5.91 Å². The summed E-state index contributed by atoms with van der Waals surface area (Å²) in [7, 11) is 0. The van der Waals surface area contributed by atoms with E-state index in [1.54, 1.807) is 6.07 Å². The maximum atomic E-state index is 13.2. The van der Waals surface area contributed by atoms with Crippen molar-refractivity contribution < 1.29 is 14.3 Å². The van der Waals surface area contributed by atoms with Crippen LogP contribution in [0.3, 0.4) is 0 Å². The largest absolute Gasteiger partial charge is 0.370 e. The molecule has 1 aromatic heterocycles. The van der Waals surface area contributed by atoms with Crippen LogP contribution in [0.1, 0.15) is 37.2 Å². The highest BCUT2D eigenvalue weighted by Crippen LogP contribution is 2.32. The summed E-state index contributed by atoms with van der Waals surface area (Å²) >= 11 is 0. The average Bonchev–Trinajstić information content (AvgIpc) is 3.20. The van der Waals surface area contributed by atoms with Gasteiger partial charge < -0.3 is 19.7 Å². The predicted octanol–water partition coefficient (Wildman–Crippen LogP) is 3.19. The number of amides is 1. The molecule has 154 valence electrons. The molecular weight excluding hydrogens is 368 g/mol. The van der Waals surface area contributed by atoms with Crippen molar-refractivity contribution in [3.63, 3.8) is 0 Å². The van der Waals surface area contributed by atoms with E-state index >= 15 is 0 Å². The van der Waals surface area contributed by atoms with Gasteiger partial charge in [-0.15, -0.1) is 0 Å². The molecule has 3 heterocycles. The molecule has 1 amide bonds. The summed E-state index contributed by atoms with van der Waals surface area (Å²) in [5, 5.41) is 3.33. The SMILES string of the molecule is CC(C)CNc1cc(C(=O)N2CCC3(CC2)OCCO3)nc(-c2ccccc2)n1. The number of anilines is 1. The number of carbonyl (C=O) groups excluding carboxylic acids is 1. The lowest BCUT2D eigenvalue weighted by atomic mass is 10.0. The topological polar surface area (TPSA) is 76.6 Å². The van der Waals surface area contributed by atoms with Gasteiger partial charge in [-0.3, -0.25) is 4.79 Å². The number of nitrogens with zero attached hydrogens (tertiary/aromatic N) is 3. The molecule has 0 aliphatic carbocycles. The molecular formula is C22H28N4O3. The van der Waals surface area contributed by atoms with Crippen molar-refractivity contribution in [2.45, 2.75) is 32.5 Å². The number of hydrogen-bond donors (Lipinski definition) is 1. The van der Waals surface area contributed by atoms with Crippen LogP contribution in [0.25, 0.3) is 11.4 Å². The number of likely N-dealkylation sites (tertiary alicyclic amines) is 1. The Hall–Kier alpha value is -2.51. The third-order valence-corrected chi connectivity index (χ3v) is 5.29. The van der Waals surface area contributed by atoms with Crippen LogP contribution in [0.4, 0.5) is 5.82 Å². The first-order valence-corrected chi connectivity index (χ1v) is 10.3. The Labute approximate surface area is 171 Å². The van der Waals surface area contributed by atoms with E-state index in [9.17, 15) is 4.79 Å². The molecule has 1 N–H and O–H groups in total. The maximum Gasteiger partial charge on any atom is 0.272 e. The van der Waals surface area contributed by atoms with Gasteiger partial charge in [0.2, 0.25) is 0 Å². The van der Waals surface area contributed by atoms with E-state index in [1.807, 2.05) is 35.2 Å². The fourth-order valence-electron chi connectivity index (χ4n) is 3.67. The Morgan fingerprint density at radius 1 is 1.14 bits per heavy atom.